The molecule has 24 heavy (non-hydrogen) atoms. The van der Waals surface area contributed by atoms with Crippen LogP contribution in [-0.2, 0) is 6.42 Å². The highest BCUT2D eigenvalue weighted by molar-refractivity contribution is 5.99. The average Bonchev–Trinajstić information content (AvgIpc) is 2.54. The summed E-state index contributed by atoms with van der Waals surface area (Å²) in [5.41, 5.74) is 3.97. The molecule has 5 heteroatoms. The number of nitrogens with zero attached hydrogens (tertiary/aromatic N) is 2. The van der Waals surface area contributed by atoms with Crippen LogP contribution >= 0.6 is 0 Å². The Kier molecular flexibility index (Phi) is 4.81. The van der Waals surface area contributed by atoms with E-state index in [9.17, 15) is 4.79 Å². The number of likely N-dealkylation sites (N-methyl/N-ethyl adjacent to an activating group) is 1. The van der Waals surface area contributed by atoms with Gasteiger partial charge in [0, 0.05) is 30.4 Å². The summed E-state index contributed by atoms with van der Waals surface area (Å²) < 4.78 is 5.73. The number of ether oxygens (including phenoxy) is 1. The zero-order valence-electron chi connectivity index (χ0n) is 14.4. The SMILES string of the molecule is CC1Cc2c(cccc2-c2ccnc(OCCN(C)C)c2)C(=O)N1. The Morgan fingerprint density at radius 2 is 2.08 bits per heavy atom. The number of fused-ring (bicyclic) bond motifs is 1. The van der Waals surface area contributed by atoms with E-state index in [1.807, 2.05) is 45.3 Å². The highest BCUT2D eigenvalue weighted by Crippen LogP contribution is 2.30. The van der Waals surface area contributed by atoms with Crippen molar-refractivity contribution in [1.29, 1.82) is 0 Å². The normalized spacial score (nSPS) is 16.7. The molecule has 126 valence electrons. The monoisotopic (exact) mass is 325 g/mol. The molecular formula is C19H23N3O2. The smallest absolute Gasteiger partial charge is 0.251 e. The van der Waals surface area contributed by atoms with Gasteiger partial charge in [0.15, 0.2) is 0 Å². The van der Waals surface area contributed by atoms with Crippen LogP contribution in [0.5, 0.6) is 5.88 Å². The second kappa shape index (κ2) is 7.01. The van der Waals surface area contributed by atoms with Gasteiger partial charge in [-0.3, -0.25) is 4.79 Å². The van der Waals surface area contributed by atoms with Crippen molar-refractivity contribution in [2.24, 2.45) is 0 Å². The van der Waals surface area contributed by atoms with E-state index in [1.165, 1.54) is 0 Å². The molecule has 0 radical (unpaired) electrons. The Labute approximate surface area is 142 Å². The first-order valence-corrected chi connectivity index (χ1v) is 8.21. The quantitative estimate of drug-likeness (QED) is 0.917. The molecule has 1 unspecified atom stereocenters. The molecule has 2 aromatic rings. The van der Waals surface area contributed by atoms with Crippen molar-refractivity contribution in [3.8, 4) is 17.0 Å². The van der Waals surface area contributed by atoms with Crippen molar-refractivity contribution < 1.29 is 9.53 Å². The molecule has 0 spiro atoms. The molecule has 1 aliphatic heterocycles. The number of rotatable bonds is 5. The fraction of sp³-hybridized carbons (Fsp3) is 0.368. The van der Waals surface area contributed by atoms with Crippen molar-refractivity contribution in [2.45, 2.75) is 19.4 Å². The molecule has 0 bridgehead atoms. The van der Waals surface area contributed by atoms with Crippen molar-refractivity contribution in [3.63, 3.8) is 0 Å². The summed E-state index contributed by atoms with van der Waals surface area (Å²) in [4.78, 5) is 18.5. The Morgan fingerprint density at radius 3 is 2.88 bits per heavy atom. The molecule has 0 aliphatic carbocycles. The number of aromatic nitrogens is 1. The molecule has 1 amide bonds. The Morgan fingerprint density at radius 1 is 1.29 bits per heavy atom. The summed E-state index contributed by atoms with van der Waals surface area (Å²) in [6.07, 6.45) is 2.59. The van der Waals surface area contributed by atoms with Crippen LogP contribution in [0.4, 0.5) is 0 Å². The first-order chi connectivity index (χ1) is 11.5. The van der Waals surface area contributed by atoms with Gasteiger partial charge < -0.3 is 15.0 Å². The summed E-state index contributed by atoms with van der Waals surface area (Å²) >= 11 is 0. The number of pyridine rings is 1. The lowest BCUT2D eigenvalue weighted by molar-refractivity contribution is 0.0929. The Hall–Kier alpha value is -2.40. The summed E-state index contributed by atoms with van der Waals surface area (Å²) in [6.45, 7) is 3.46. The van der Waals surface area contributed by atoms with Gasteiger partial charge in [-0.1, -0.05) is 12.1 Å². The van der Waals surface area contributed by atoms with E-state index >= 15 is 0 Å². The van der Waals surface area contributed by atoms with Crippen LogP contribution in [0.2, 0.25) is 0 Å². The molecule has 1 aromatic heterocycles. The summed E-state index contributed by atoms with van der Waals surface area (Å²) in [6, 6.07) is 9.92. The van der Waals surface area contributed by atoms with Gasteiger partial charge in [0.25, 0.3) is 5.91 Å². The number of hydrogen-bond acceptors (Lipinski definition) is 4. The van der Waals surface area contributed by atoms with Crippen molar-refractivity contribution in [2.75, 3.05) is 27.2 Å². The molecule has 5 nitrogen and oxygen atoms in total. The third-order valence-corrected chi connectivity index (χ3v) is 4.14. The van der Waals surface area contributed by atoms with Gasteiger partial charge in [0.2, 0.25) is 5.88 Å². The molecular weight excluding hydrogens is 302 g/mol. The molecule has 2 heterocycles. The minimum Gasteiger partial charge on any atom is -0.476 e. The van der Waals surface area contributed by atoms with E-state index in [2.05, 4.69) is 21.3 Å². The lowest BCUT2D eigenvalue weighted by Crippen LogP contribution is -2.39. The minimum atomic E-state index is 0.00196. The van der Waals surface area contributed by atoms with Crippen LogP contribution in [-0.4, -0.2) is 49.1 Å². The van der Waals surface area contributed by atoms with E-state index in [4.69, 9.17) is 4.74 Å². The molecule has 1 aromatic carbocycles. The maximum Gasteiger partial charge on any atom is 0.251 e. The predicted octanol–water partition coefficient (Wildman–Crippen LogP) is 2.36. The third kappa shape index (κ3) is 3.57. The van der Waals surface area contributed by atoms with Gasteiger partial charge in [-0.25, -0.2) is 4.98 Å². The van der Waals surface area contributed by atoms with Crippen LogP contribution in [0.25, 0.3) is 11.1 Å². The second-order valence-corrected chi connectivity index (χ2v) is 6.44. The van der Waals surface area contributed by atoms with Crippen LogP contribution in [0.15, 0.2) is 36.5 Å². The van der Waals surface area contributed by atoms with Gasteiger partial charge in [-0.15, -0.1) is 0 Å². The number of amides is 1. The summed E-state index contributed by atoms with van der Waals surface area (Å²) in [7, 11) is 4.02. The first-order valence-electron chi connectivity index (χ1n) is 8.21. The van der Waals surface area contributed by atoms with Crippen molar-refractivity contribution in [1.82, 2.24) is 15.2 Å². The van der Waals surface area contributed by atoms with E-state index in [0.717, 1.165) is 35.2 Å². The highest BCUT2D eigenvalue weighted by atomic mass is 16.5. The van der Waals surface area contributed by atoms with Crippen LogP contribution in [0.3, 0.4) is 0 Å². The standard InChI is InChI=1S/C19H23N3O2/c1-13-11-17-15(5-4-6-16(17)19(23)21-13)14-7-8-20-18(12-14)24-10-9-22(2)3/h4-8,12-13H,9-11H2,1-3H3,(H,21,23). The fourth-order valence-corrected chi connectivity index (χ4v) is 2.94. The molecule has 0 saturated heterocycles. The molecule has 1 N–H and O–H groups in total. The van der Waals surface area contributed by atoms with E-state index in [1.54, 1.807) is 6.20 Å². The average molecular weight is 325 g/mol. The van der Waals surface area contributed by atoms with E-state index < -0.39 is 0 Å². The molecule has 1 aliphatic rings. The fourth-order valence-electron chi connectivity index (χ4n) is 2.94. The van der Waals surface area contributed by atoms with Crippen molar-refractivity contribution >= 4 is 5.91 Å². The Bertz CT molecular complexity index is 743. The lowest BCUT2D eigenvalue weighted by Gasteiger charge is -2.25. The molecule has 0 fully saturated rings. The number of benzene rings is 1. The summed E-state index contributed by atoms with van der Waals surface area (Å²) in [5.74, 6) is 0.613. The minimum absolute atomic E-state index is 0.00196. The number of nitrogens with one attached hydrogen (secondary N) is 1. The number of carbonyl (C=O) groups excluding carboxylic acids is 1. The van der Waals surface area contributed by atoms with Crippen LogP contribution in [0, 0.1) is 0 Å². The van der Waals surface area contributed by atoms with Gasteiger partial charge in [-0.05, 0) is 56.3 Å². The molecule has 0 saturated carbocycles. The zero-order chi connectivity index (χ0) is 17.1. The van der Waals surface area contributed by atoms with Crippen LogP contribution in [0.1, 0.15) is 22.8 Å². The first kappa shape index (κ1) is 16.5. The number of hydrogen-bond donors (Lipinski definition) is 1. The third-order valence-electron chi connectivity index (χ3n) is 4.14. The topological polar surface area (TPSA) is 54.5 Å². The van der Waals surface area contributed by atoms with Gasteiger partial charge >= 0.3 is 0 Å². The maximum absolute atomic E-state index is 12.2. The van der Waals surface area contributed by atoms with Crippen molar-refractivity contribution in [3.05, 3.63) is 47.7 Å². The zero-order valence-corrected chi connectivity index (χ0v) is 14.4. The van der Waals surface area contributed by atoms with E-state index in [0.29, 0.717) is 12.5 Å². The van der Waals surface area contributed by atoms with Crippen LogP contribution < -0.4 is 10.1 Å². The largest absolute Gasteiger partial charge is 0.476 e. The Balaban J connectivity index is 1.90. The predicted molar refractivity (Wildman–Crippen MR) is 94.4 cm³/mol. The van der Waals surface area contributed by atoms with Gasteiger partial charge in [-0.2, -0.15) is 0 Å². The summed E-state index contributed by atoms with van der Waals surface area (Å²) in [5, 5.41) is 2.98. The number of carbonyl (C=O) groups is 1. The second-order valence-electron chi connectivity index (χ2n) is 6.44. The lowest BCUT2D eigenvalue weighted by atomic mass is 9.89. The molecule has 1 atom stereocenters. The highest BCUT2D eigenvalue weighted by Gasteiger charge is 2.24. The van der Waals surface area contributed by atoms with E-state index in [-0.39, 0.29) is 11.9 Å². The molecule has 3 rings (SSSR count). The maximum atomic E-state index is 12.2. The van der Waals surface area contributed by atoms with Gasteiger partial charge in [0.05, 0.1) is 0 Å². The van der Waals surface area contributed by atoms with Gasteiger partial charge in [0.1, 0.15) is 6.61 Å².